The van der Waals surface area contributed by atoms with E-state index in [0.29, 0.717) is 10.6 Å². The molecule has 100 valence electrons. The van der Waals surface area contributed by atoms with Crippen LogP contribution in [0.1, 0.15) is 25.7 Å². The van der Waals surface area contributed by atoms with E-state index < -0.39 is 16.8 Å². The molecule has 0 aliphatic heterocycles. The summed E-state index contributed by atoms with van der Waals surface area (Å²) in [5, 5.41) is 8.95. The van der Waals surface area contributed by atoms with Crippen LogP contribution in [0.3, 0.4) is 0 Å². The molecule has 0 aliphatic rings. The first-order valence-corrected chi connectivity index (χ1v) is 7.89. The van der Waals surface area contributed by atoms with Crippen LogP contribution in [0.25, 0.3) is 0 Å². The lowest BCUT2D eigenvalue weighted by Crippen LogP contribution is -1.99. The summed E-state index contributed by atoms with van der Waals surface area (Å²) in [5.74, 6) is -0.568. The van der Waals surface area contributed by atoms with E-state index in [4.69, 9.17) is 5.11 Å². The van der Waals surface area contributed by atoms with Gasteiger partial charge in [0.05, 0.1) is 16.6 Å². The van der Waals surface area contributed by atoms with Gasteiger partial charge >= 0.3 is 5.97 Å². The third-order valence-electron chi connectivity index (χ3n) is 2.86. The van der Waals surface area contributed by atoms with Crippen LogP contribution in [-0.4, -0.2) is 15.3 Å². The number of carbonyl (C=O) groups is 1. The molecular weight excluding hydrogens is 280 g/mol. The third kappa shape index (κ3) is 3.11. The number of hydrogen-bond acceptors (Lipinski definition) is 3. The fourth-order valence-electron chi connectivity index (χ4n) is 1.80. The van der Waals surface area contributed by atoms with Gasteiger partial charge < -0.3 is 5.11 Å². The molecule has 2 aromatic rings. The Kier molecular flexibility index (Phi) is 4.17. The number of aromatic carboxylic acids is 1. The molecule has 0 aliphatic carbocycles. The SMILES string of the molecule is Cc1ccccc1S(=O)Cc1cc(C(=O)O)sc1C. The molecular formula is C14H14O3S2. The fourth-order valence-corrected chi connectivity index (χ4v) is 4.17. The van der Waals surface area contributed by atoms with E-state index in [2.05, 4.69) is 0 Å². The molecule has 0 bridgehead atoms. The van der Waals surface area contributed by atoms with Crippen molar-refractivity contribution in [1.82, 2.24) is 0 Å². The molecule has 0 saturated heterocycles. The lowest BCUT2D eigenvalue weighted by Gasteiger charge is -2.05. The number of aryl methyl sites for hydroxylation is 2. The van der Waals surface area contributed by atoms with Crippen LogP contribution in [0, 0.1) is 13.8 Å². The Balaban J connectivity index is 2.24. The second-order valence-corrected chi connectivity index (χ2v) is 6.93. The van der Waals surface area contributed by atoms with Crippen LogP contribution in [0.4, 0.5) is 0 Å². The zero-order chi connectivity index (χ0) is 14.0. The lowest BCUT2D eigenvalue weighted by atomic mass is 10.2. The van der Waals surface area contributed by atoms with Crippen molar-refractivity contribution in [2.45, 2.75) is 24.5 Å². The molecule has 1 aromatic heterocycles. The number of carboxylic acid groups (broad SMARTS) is 1. The van der Waals surface area contributed by atoms with Crippen molar-refractivity contribution in [3.8, 4) is 0 Å². The second-order valence-electron chi connectivity index (χ2n) is 4.25. The van der Waals surface area contributed by atoms with E-state index in [1.807, 2.05) is 38.1 Å². The molecule has 0 amide bonds. The molecule has 1 heterocycles. The molecule has 0 spiro atoms. The van der Waals surface area contributed by atoms with Gasteiger partial charge in [-0.2, -0.15) is 0 Å². The van der Waals surface area contributed by atoms with E-state index in [-0.39, 0.29) is 0 Å². The van der Waals surface area contributed by atoms with E-state index in [9.17, 15) is 9.00 Å². The van der Waals surface area contributed by atoms with E-state index >= 15 is 0 Å². The van der Waals surface area contributed by atoms with Crippen molar-refractivity contribution in [3.63, 3.8) is 0 Å². The zero-order valence-electron chi connectivity index (χ0n) is 10.7. The molecule has 1 atom stereocenters. The number of hydrogen-bond donors (Lipinski definition) is 1. The average molecular weight is 294 g/mol. The standard InChI is InChI=1S/C14H14O3S2/c1-9-5-3-4-6-13(9)19(17)8-11-7-12(14(15)16)18-10(11)2/h3-7H,8H2,1-2H3,(H,15,16). The van der Waals surface area contributed by atoms with E-state index in [1.54, 1.807) is 6.07 Å². The summed E-state index contributed by atoms with van der Waals surface area (Å²) >= 11 is 1.23. The van der Waals surface area contributed by atoms with E-state index in [0.717, 1.165) is 20.9 Å². The van der Waals surface area contributed by atoms with Crippen LogP contribution in [0.5, 0.6) is 0 Å². The van der Waals surface area contributed by atoms with Crippen LogP contribution < -0.4 is 0 Å². The highest BCUT2D eigenvalue weighted by molar-refractivity contribution is 7.84. The first-order valence-electron chi connectivity index (χ1n) is 5.75. The molecule has 5 heteroatoms. The number of thiophene rings is 1. The van der Waals surface area contributed by atoms with Crippen LogP contribution in [0.2, 0.25) is 0 Å². The minimum atomic E-state index is -1.14. The largest absolute Gasteiger partial charge is 0.477 e. The van der Waals surface area contributed by atoms with Gasteiger partial charge in [-0.05, 0) is 37.1 Å². The van der Waals surface area contributed by atoms with Gasteiger partial charge in [0, 0.05) is 9.77 Å². The van der Waals surface area contributed by atoms with Gasteiger partial charge in [0.1, 0.15) is 4.88 Å². The molecule has 1 N–H and O–H groups in total. The summed E-state index contributed by atoms with van der Waals surface area (Å²) in [4.78, 5) is 12.9. The predicted octanol–water partition coefficient (Wildman–Crippen LogP) is 3.37. The van der Waals surface area contributed by atoms with Crippen molar-refractivity contribution < 1.29 is 14.1 Å². The minimum Gasteiger partial charge on any atom is -0.477 e. The Morgan fingerprint density at radius 1 is 1.32 bits per heavy atom. The highest BCUT2D eigenvalue weighted by Crippen LogP contribution is 2.25. The van der Waals surface area contributed by atoms with Gasteiger partial charge in [-0.3, -0.25) is 4.21 Å². The molecule has 0 radical (unpaired) electrons. The second kappa shape index (κ2) is 5.67. The molecule has 19 heavy (non-hydrogen) atoms. The van der Waals surface area contributed by atoms with Crippen molar-refractivity contribution in [3.05, 3.63) is 51.2 Å². The van der Waals surface area contributed by atoms with Gasteiger partial charge in [-0.1, -0.05) is 18.2 Å². The summed E-state index contributed by atoms with van der Waals surface area (Å²) < 4.78 is 12.3. The summed E-state index contributed by atoms with van der Waals surface area (Å²) in [6.45, 7) is 3.79. The van der Waals surface area contributed by atoms with Crippen molar-refractivity contribution in [2.75, 3.05) is 0 Å². The zero-order valence-corrected chi connectivity index (χ0v) is 12.3. The Labute approximate surface area is 118 Å². The molecule has 1 aromatic carbocycles. The quantitative estimate of drug-likeness (QED) is 0.940. The molecule has 0 saturated carbocycles. The third-order valence-corrected chi connectivity index (χ3v) is 5.46. The van der Waals surface area contributed by atoms with Crippen molar-refractivity contribution in [2.24, 2.45) is 0 Å². The normalized spacial score (nSPS) is 12.3. The highest BCUT2D eigenvalue weighted by Gasteiger charge is 2.14. The van der Waals surface area contributed by atoms with Crippen LogP contribution in [0.15, 0.2) is 35.2 Å². The maximum atomic E-state index is 12.3. The maximum absolute atomic E-state index is 12.3. The number of carboxylic acids is 1. The summed E-state index contributed by atoms with van der Waals surface area (Å²) in [5.41, 5.74) is 1.84. The Morgan fingerprint density at radius 3 is 2.58 bits per heavy atom. The Hall–Kier alpha value is -1.46. The summed E-state index contributed by atoms with van der Waals surface area (Å²) in [6.07, 6.45) is 0. The monoisotopic (exact) mass is 294 g/mol. The van der Waals surface area contributed by atoms with Crippen LogP contribution in [-0.2, 0) is 16.6 Å². The average Bonchev–Trinajstić information content (AvgIpc) is 2.71. The highest BCUT2D eigenvalue weighted by atomic mass is 32.2. The van der Waals surface area contributed by atoms with Gasteiger partial charge in [0.25, 0.3) is 0 Å². The topological polar surface area (TPSA) is 54.4 Å². The van der Waals surface area contributed by atoms with Crippen molar-refractivity contribution >= 4 is 28.1 Å². The molecule has 3 nitrogen and oxygen atoms in total. The predicted molar refractivity (Wildman–Crippen MR) is 77.3 cm³/mol. The first kappa shape index (κ1) is 14.0. The fraction of sp³-hybridized carbons (Fsp3) is 0.214. The lowest BCUT2D eigenvalue weighted by molar-refractivity contribution is 0.0702. The first-order chi connectivity index (χ1) is 8.99. The number of benzene rings is 1. The van der Waals surface area contributed by atoms with E-state index in [1.165, 1.54) is 11.3 Å². The smallest absolute Gasteiger partial charge is 0.345 e. The molecule has 0 fully saturated rings. The molecule has 2 rings (SSSR count). The summed E-state index contributed by atoms with van der Waals surface area (Å²) in [6, 6.07) is 9.18. The van der Waals surface area contributed by atoms with Gasteiger partial charge in [0.15, 0.2) is 0 Å². The Bertz CT molecular complexity index is 644. The summed E-state index contributed by atoms with van der Waals surface area (Å²) in [7, 11) is -1.14. The van der Waals surface area contributed by atoms with Crippen LogP contribution >= 0.6 is 11.3 Å². The van der Waals surface area contributed by atoms with Crippen molar-refractivity contribution in [1.29, 1.82) is 0 Å². The maximum Gasteiger partial charge on any atom is 0.345 e. The number of rotatable bonds is 4. The van der Waals surface area contributed by atoms with Gasteiger partial charge in [-0.25, -0.2) is 4.79 Å². The van der Waals surface area contributed by atoms with Gasteiger partial charge in [-0.15, -0.1) is 11.3 Å². The van der Waals surface area contributed by atoms with Gasteiger partial charge in [0.2, 0.25) is 0 Å². The molecule has 1 unspecified atom stereocenters. The minimum absolute atomic E-state index is 0.300. The Morgan fingerprint density at radius 2 is 2.00 bits per heavy atom.